The van der Waals surface area contributed by atoms with Gasteiger partial charge in [-0.3, -0.25) is 9.59 Å². The molecule has 0 aliphatic carbocycles. The molecular formula is C15H18N2O4. The Balaban J connectivity index is 2.49. The second-order valence-corrected chi connectivity index (χ2v) is 4.96. The summed E-state index contributed by atoms with van der Waals surface area (Å²) < 4.78 is 5.18. The molecule has 2 aromatic rings. The second kappa shape index (κ2) is 5.87. The molecule has 1 heterocycles. The largest absolute Gasteiger partial charge is 0.497 e. The van der Waals surface area contributed by atoms with Crippen LogP contribution in [0.2, 0.25) is 0 Å². The SMILES string of the molecule is COc1ccc2[nH]cc(C(C(=O)O)C(C)NC(C)=O)c2c1. The molecule has 2 unspecified atom stereocenters. The van der Waals surface area contributed by atoms with E-state index in [0.717, 1.165) is 10.9 Å². The lowest BCUT2D eigenvalue weighted by atomic mass is 9.92. The van der Waals surface area contributed by atoms with Gasteiger partial charge in [0.1, 0.15) is 11.7 Å². The van der Waals surface area contributed by atoms with E-state index in [4.69, 9.17) is 4.74 Å². The summed E-state index contributed by atoms with van der Waals surface area (Å²) in [5.41, 5.74) is 1.45. The molecule has 0 saturated heterocycles. The molecule has 112 valence electrons. The molecule has 0 saturated carbocycles. The second-order valence-electron chi connectivity index (χ2n) is 4.96. The minimum Gasteiger partial charge on any atom is -0.497 e. The number of rotatable bonds is 5. The van der Waals surface area contributed by atoms with E-state index in [-0.39, 0.29) is 5.91 Å². The van der Waals surface area contributed by atoms with Gasteiger partial charge in [0.05, 0.1) is 7.11 Å². The van der Waals surface area contributed by atoms with Crippen molar-refractivity contribution in [3.05, 3.63) is 30.0 Å². The Bertz CT molecular complexity index is 677. The number of carbonyl (C=O) groups is 2. The van der Waals surface area contributed by atoms with Gasteiger partial charge in [0.15, 0.2) is 0 Å². The standard InChI is InChI=1S/C15H18N2O4/c1-8(17-9(2)18)14(15(19)20)12-7-16-13-5-4-10(21-3)6-11(12)13/h4-8,14,16H,1-3H3,(H,17,18)(H,19,20). The minimum atomic E-state index is -0.986. The molecule has 6 heteroatoms. The highest BCUT2D eigenvalue weighted by molar-refractivity contribution is 5.91. The van der Waals surface area contributed by atoms with Crippen molar-refractivity contribution in [1.82, 2.24) is 10.3 Å². The van der Waals surface area contributed by atoms with Gasteiger partial charge in [-0.25, -0.2) is 0 Å². The lowest BCUT2D eigenvalue weighted by molar-refractivity contribution is -0.139. The van der Waals surface area contributed by atoms with E-state index in [0.29, 0.717) is 11.3 Å². The van der Waals surface area contributed by atoms with E-state index in [9.17, 15) is 14.7 Å². The Labute approximate surface area is 122 Å². The average molecular weight is 290 g/mol. The molecule has 3 N–H and O–H groups in total. The molecule has 0 spiro atoms. The number of carbonyl (C=O) groups excluding carboxylic acids is 1. The van der Waals surface area contributed by atoms with Crippen LogP contribution in [0.3, 0.4) is 0 Å². The van der Waals surface area contributed by atoms with Gasteiger partial charge in [-0.2, -0.15) is 0 Å². The number of carboxylic acids is 1. The summed E-state index contributed by atoms with van der Waals surface area (Å²) in [7, 11) is 1.56. The molecule has 0 aliphatic rings. The van der Waals surface area contributed by atoms with Crippen LogP contribution in [-0.4, -0.2) is 35.1 Å². The number of aromatic amines is 1. The molecule has 2 rings (SSSR count). The molecule has 0 radical (unpaired) electrons. The molecule has 1 aromatic heterocycles. The van der Waals surface area contributed by atoms with Crippen molar-refractivity contribution in [1.29, 1.82) is 0 Å². The van der Waals surface area contributed by atoms with Crippen LogP contribution >= 0.6 is 0 Å². The number of nitrogens with one attached hydrogen (secondary N) is 2. The third-order valence-corrected chi connectivity index (χ3v) is 3.45. The van der Waals surface area contributed by atoms with Gasteiger partial charge in [-0.1, -0.05) is 0 Å². The van der Waals surface area contributed by atoms with Gasteiger partial charge in [-0.05, 0) is 30.7 Å². The maximum atomic E-state index is 11.6. The summed E-state index contributed by atoms with van der Waals surface area (Å²) in [5, 5.41) is 12.9. The smallest absolute Gasteiger partial charge is 0.313 e. The van der Waals surface area contributed by atoms with Crippen LogP contribution in [0.1, 0.15) is 25.3 Å². The maximum Gasteiger partial charge on any atom is 0.313 e. The zero-order valence-corrected chi connectivity index (χ0v) is 12.1. The minimum absolute atomic E-state index is 0.258. The zero-order valence-electron chi connectivity index (χ0n) is 12.1. The average Bonchev–Trinajstić information content (AvgIpc) is 2.80. The molecular weight excluding hydrogens is 272 g/mol. The third kappa shape index (κ3) is 2.99. The van der Waals surface area contributed by atoms with Gasteiger partial charge in [0.25, 0.3) is 0 Å². The number of aliphatic carboxylic acids is 1. The van der Waals surface area contributed by atoms with Crippen molar-refractivity contribution < 1.29 is 19.4 Å². The molecule has 0 aliphatic heterocycles. The van der Waals surface area contributed by atoms with E-state index in [2.05, 4.69) is 10.3 Å². The lowest BCUT2D eigenvalue weighted by Gasteiger charge is -2.20. The lowest BCUT2D eigenvalue weighted by Crippen LogP contribution is -2.38. The summed E-state index contributed by atoms with van der Waals surface area (Å²) in [6, 6.07) is 4.90. The van der Waals surface area contributed by atoms with Crippen molar-refractivity contribution in [2.75, 3.05) is 7.11 Å². The van der Waals surface area contributed by atoms with Crippen molar-refractivity contribution in [3.63, 3.8) is 0 Å². The van der Waals surface area contributed by atoms with Crippen molar-refractivity contribution in [3.8, 4) is 5.75 Å². The van der Waals surface area contributed by atoms with Crippen LogP contribution in [0.4, 0.5) is 0 Å². The first-order valence-electron chi connectivity index (χ1n) is 6.59. The van der Waals surface area contributed by atoms with Crippen LogP contribution in [-0.2, 0) is 9.59 Å². The Hall–Kier alpha value is -2.50. The number of hydrogen-bond acceptors (Lipinski definition) is 3. The normalized spacial score (nSPS) is 13.7. The fraction of sp³-hybridized carbons (Fsp3) is 0.333. The van der Waals surface area contributed by atoms with E-state index in [1.807, 2.05) is 6.07 Å². The number of fused-ring (bicyclic) bond motifs is 1. The number of carboxylic acid groups (broad SMARTS) is 1. The molecule has 2 atom stereocenters. The Morgan fingerprint density at radius 3 is 2.67 bits per heavy atom. The zero-order chi connectivity index (χ0) is 15.6. The summed E-state index contributed by atoms with van der Waals surface area (Å²) in [5.74, 6) is -1.43. The predicted molar refractivity (Wildman–Crippen MR) is 78.5 cm³/mol. The summed E-state index contributed by atoms with van der Waals surface area (Å²) >= 11 is 0. The highest BCUT2D eigenvalue weighted by Crippen LogP contribution is 2.30. The van der Waals surface area contributed by atoms with E-state index in [1.165, 1.54) is 6.92 Å². The van der Waals surface area contributed by atoms with Gasteiger partial charge in [0.2, 0.25) is 5.91 Å². The molecule has 0 fully saturated rings. The van der Waals surface area contributed by atoms with Gasteiger partial charge >= 0.3 is 5.97 Å². The summed E-state index contributed by atoms with van der Waals surface area (Å²) in [6.45, 7) is 3.05. The first-order valence-corrected chi connectivity index (χ1v) is 6.59. The summed E-state index contributed by atoms with van der Waals surface area (Å²) in [6.07, 6.45) is 1.67. The highest BCUT2D eigenvalue weighted by atomic mass is 16.5. The van der Waals surface area contributed by atoms with Crippen molar-refractivity contribution >= 4 is 22.8 Å². The van der Waals surface area contributed by atoms with E-state index >= 15 is 0 Å². The van der Waals surface area contributed by atoms with Gasteiger partial charge < -0.3 is 20.1 Å². The van der Waals surface area contributed by atoms with E-state index < -0.39 is 17.9 Å². The number of ether oxygens (including phenoxy) is 1. The maximum absolute atomic E-state index is 11.6. The Morgan fingerprint density at radius 1 is 1.38 bits per heavy atom. The van der Waals surface area contributed by atoms with Crippen LogP contribution in [0.15, 0.2) is 24.4 Å². The Morgan fingerprint density at radius 2 is 2.10 bits per heavy atom. The van der Waals surface area contributed by atoms with Crippen molar-refractivity contribution in [2.24, 2.45) is 0 Å². The van der Waals surface area contributed by atoms with Gasteiger partial charge in [-0.15, -0.1) is 0 Å². The molecule has 1 amide bonds. The van der Waals surface area contributed by atoms with Crippen LogP contribution in [0.5, 0.6) is 5.75 Å². The number of methoxy groups -OCH3 is 1. The molecule has 6 nitrogen and oxygen atoms in total. The number of aromatic nitrogens is 1. The first-order chi connectivity index (χ1) is 9.93. The number of H-pyrrole nitrogens is 1. The molecule has 0 bridgehead atoms. The number of benzene rings is 1. The quantitative estimate of drug-likeness (QED) is 0.784. The van der Waals surface area contributed by atoms with Crippen molar-refractivity contribution in [2.45, 2.75) is 25.8 Å². The monoisotopic (exact) mass is 290 g/mol. The van der Waals surface area contributed by atoms with Crippen LogP contribution in [0.25, 0.3) is 10.9 Å². The van der Waals surface area contributed by atoms with E-state index in [1.54, 1.807) is 32.4 Å². The van der Waals surface area contributed by atoms with Crippen LogP contribution < -0.4 is 10.1 Å². The van der Waals surface area contributed by atoms with Crippen LogP contribution in [0, 0.1) is 0 Å². The topological polar surface area (TPSA) is 91.4 Å². The predicted octanol–water partition coefficient (Wildman–Crippen LogP) is 1.87. The molecule has 21 heavy (non-hydrogen) atoms. The highest BCUT2D eigenvalue weighted by Gasteiger charge is 2.29. The van der Waals surface area contributed by atoms with Gasteiger partial charge in [0, 0.05) is 30.1 Å². The number of amides is 1. The fourth-order valence-electron chi connectivity index (χ4n) is 2.53. The molecule has 1 aromatic carbocycles. The number of hydrogen-bond donors (Lipinski definition) is 3. The third-order valence-electron chi connectivity index (χ3n) is 3.45. The fourth-order valence-corrected chi connectivity index (χ4v) is 2.53. The summed E-state index contributed by atoms with van der Waals surface area (Å²) in [4.78, 5) is 25.9. The Kier molecular flexibility index (Phi) is 4.16. The first kappa shape index (κ1) is 14.9.